The van der Waals surface area contributed by atoms with E-state index in [1.54, 1.807) is 42.5 Å². The fraction of sp³-hybridized carbons (Fsp3) is 0.250. The number of methoxy groups -OCH3 is 1. The Morgan fingerprint density at radius 1 is 1.00 bits per heavy atom. The lowest BCUT2D eigenvalue weighted by molar-refractivity contribution is -0.145. The van der Waals surface area contributed by atoms with Crippen LogP contribution in [0.15, 0.2) is 54.6 Å². The largest absolute Gasteiger partial charge is 0.468 e. The van der Waals surface area contributed by atoms with E-state index in [-0.39, 0.29) is 5.91 Å². The van der Waals surface area contributed by atoms with Crippen molar-refractivity contribution < 1.29 is 23.5 Å². The molecule has 0 spiro atoms. The maximum absolute atomic E-state index is 13.3. The number of carbonyl (C=O) groups is 3. The van der Waals surface area contributed by atoms with Crippen LogP contribution in [0.25, 0.3) is 0 Å². The van der Waals surface area contributed by atoms with Gasteiger partial charge in [-0.1, -0.05) is 30.3 Å². The van der Waals surface area contributed by atoms with Gasteiger partial charge in [0.1, 0.15) is 11.9 Å². The van der Waals surface area contributed by atoms with Gasteiger partial charge in [0, 0.05) is 6.04 Å². The fourth-order valence-corrected chi connectivity index (χ4v) is 3.96. The molecule has 138 valence electrons. The lowest BCUT2D eigenvalue weighted by atomic mass is 9.86. The van der Waals surface area contributed by atoms with Crippen LogP contribution in [0.2, 0.25) is 0 Å². The second kappa shape index (κ2) is 6.59. The first kappa shape index (κ1) is 17.4. The predicted molar refractivity (Wildman–Crippen MR) is 94.0 cm³/mol. The zero-order valence-electron chi connectivity index (χ0n) is 14.5. The van der Waals surface area contributed by atoms with Gasteiger partial charge in [0.15, 0.2) is 0 Å². The number of esters is 1. The quantitative estimate of drug-likeness (QED) is 0.661. The SMILES string of the molecule is COC(=O)[C@@H]1N[C@H](c2ccc(F)cc2)[C@@H]2C(=O)N(c3ccccc3)C(=O)[C@@H]21. The van der Waals surface area contributed by atoms with Crippen molar-refractivity contribution in [2.75, 3.05) is 12.0 Å². The van der Waals surface area contributed by atoms with Crippen LogP contribution in [-0.2, 0) is 19.1 Å². The Bertz CT molecular complexity index is 900. The number of halogens is 1. The number of nitrogens with zero attached hydrogens (tertiary/aromatic N) is 1. The number of imide groups is 1. The third-order valence-electron chi connectivity index (χ3n) is 5.17. The van der Waals surface area contributed by atoms with Crippen LogP contribution in [0, 0.1) is 17.7 Å². The van der Waals surface area contributed by atoms with E-state index < -0.39 is 41.6 Å². The Labute approximate surface area is 154 Å². The molecule has 0 radical (unpaired) electrons. The summed E-state index contributed by atoms with van der Waals surface area (Å²) in [5.41, 5.74) is 1.09. The lowest BCUT2D eigenvalue weighted by Gasteiger charge is -2.21. The highest BCUT2D eigenvalue weighted by atomic mass is 19.1. The van der Waals surface area contributed by atoms with Gasteiger partial charge in [0.25, 0.3) is 0 Å². The third-order valence-corrected chi connectivity index (χ3v) is 5.17. The van der Waals surface area contributed by atoms with Crippen LogP contribution < -0.4 is 10.2 Å². The highest BCUT2D eigenvalue weighted by Crippen LogP contribution is 2.45. The van der Waals surface area contributed by atoms with Gasteiger partial charge in [-0.2, -0.15) is 0 Å². The summed E-state index contributed by atoms with van der Waals surface area (Å²) in [7, 11) is 1.24. The molecule has 4 atom stereocenters. The first-order valence-electron chi connectivity index (χ1n) is 8.55. The summed E-state index contributed by atoms with van der Waals surface area (Å²) in [5.74, 6) is -3.48. The van der Waals surface area contributed by atoms with Crippen LogP contribution in [0.3, 0.4) is 0 Å². The molecule has 1 N–H and O–H groups in total. The topological polar surface area (TPSA) is 75.7 Å². The molecule has 2 aliphatic rings. The maximum Gasteiger partial charge on any atom is 0.323 e. The monoisotopic (exact) mass is 368 g/mol. The Morgan fingerprint density at radius 3 is 2.26 bits per heavy atom. The fourth-order valence-electron chi connectivity index (χ4n) is 3.96. The number of benzene rings is 2. The molecule has 0 saturated carbocycles. The van der Waals surface area contributed by atoms with E-state index in [1.807, 2.05) is 0 Å². The van der Waals surface area contributed by atoms with Gasteiger partial charge in [-0.15, -0.1) is 0 Å². The van der Waals surface area contributed by atoms with Crippen molar-refractivity contribution in [2.45, 2.75) is 12.1 Å². The summed E-state index contributed by atoms with van der Waals surface area (Å²) < 4.78 is 18.1. The second-order valence-corrected chi connectivity index (χ2v) is 6.60. The number of amides is 2. The van der Waals surface area contributed by atoms with Crippen molar-refractivity contribution in [3.8, 4) is 0 Å². The number of rotatable bonds is 3. The van der Waals surface area contributed by atoms with E-state index in [2.05, 4.69) is 5.32 Å². The Morgan fingerprint density at radius 2 is 1.63 bits per heavy atom. The van der Waals surface area contributed by atoms with Crippen LogP contribution in [-0.4, -0.2) is 30.9 Å². The third kappa shape index (κ3) is 2.71. The molecule has 2 heterocycles. The molecule has 2 aliphatic heterocycles. The molecule has 0 aliphatic carbocycles. The van der Waals surface area contributed by atoms with Gasteiger partial charge >= 0.3 is 5.97 Å². The molecule has 2 aromatic carbocycles. The van der Waals surface area contributed by atoms with Crippen molar-refractivity contribution in [1.29, 1.82) is 0 Å². The van der Waals surface area contributed by atoms with Gasteiger partial charge in [0.05, 0.1) is 24.6 Å². The number of hydrogen-bond donors (Lipinski definition) is 1. The minimum Gasteiger partial charge on any atom is -0.468 e. The highest BCUT2D eigenvalue weighted by molar-refractivity contribution is 6.23. The smallest absolute Gasteiger partial charge is 0.323 e. The highest BCUT2D eigenvalue weighted by Gasteiger charge is 2.61. The van der Waals surface area contributed by atoms with Crippen molar-refractivity contribution in [1.82, 2.24) is 5.32 Å². The Balaban J connectivity index is 1.77. The van der Waals surface area contributed by atoms with Gasteiger partial charge in [-0.25, -0.2) is 9.29 Å². The Hall–Kier alpha value is -3.06. The first-order chi connectivity index (χ1) is 13.0. The summed E-state index contributed by atoms with van der Waals surface area (Å²) in [6, 6.07) is 12.7. The zero-order valence-corrected chi connectivity index (χ0v) is 14.5. The molecule has 2 saturated heterocycles. The summed E-state index contributed by atoms with van der Waals surface area (Å²) in [6.07, 6.45) is 0. The minimum absolute atomic E-state index is 0.385. The number of anilines is 1. The average Bonchev–Trinajstić information content (AvgIpc) is 3.20. The number of hydrogen-bond acceptors (Lipinski definition) is 5. The van der Waals surface area contributed by atoms with E-state index in [0.29, 0.717) is 11.3 Å². The molecule has 2 fully saturated rings. The molecule has 0 bridgehead atoms. The molecule has 0 unspecified atom stereocenters. The molecule has 2 amide bonds. The summed E-state index contributed by atoms with van der Waals surface area (Å²) in [6.45, 7) is 0. The lowest BCUT2D eigenvalue weighted by Crippen LogP contribution is -2.43. The average molecular weight is 368 g/mol. The summed E-state index contributed by atoms with van der Waals surface area (Å²) >= 11 is 0. The van der Waals surface area contributed by atoms with Gasteiger partial charge in [-0.3, -0.25) is 19.7 Å². The van der Waals surface area contributed by atoms with Gasteiger partial charge < -0.3 is 4.74 Å². The summed E-state index contributed by atoms with van der Waals surface area (Å²) in [4.78, 5) is 39.6. The van der Waals surface area contributed by atoms with Gasteiger partial charge in [0.2, 0.25) is 11.8 Å². The van der Waals surface area contributed by atoms with Crippen LogP contribution >= 0.6 is 0 Å². The van der Waals surface area contributed by atoms with Gasteiger partial charge in [-0.05, 0) is 29.8 Å². The molecule has 27 heavy (non-hydrogen) atoms. The van der Waals surface area contributed by atoms with Crippen molar-refractivity contribution in [3.05, 3.63) is 66.0 Å². The van der Waals surface area contributed by atoms with Crippen LogP contribution in [0.1, 0.15) is 11.6 Å². The van der Waals surface area contributed by atoms with Crippen LogP contribution in [0.4, 0.5) is 10.1 Å². The van der Waals surface area contributed by atoms with Crippen molar-refractivity contribution in [2.24, 2.45) is 11.8 Å². The number of ether oxygens (including phenoxy) is 1. The van der Waals surface area contributed by atoms with E-state index in [4.69, 9.17) is 4.74 Å². The number of para-hydroxylation sites is 1. The molecular formula is C20H17FN2O4. The van der Waals surface area contributed by atoms with Crippen LogP contribution in [0.5, 0.6) is 0 Å². The predicted octanol–water partition coefficient (Wildman–Crippen LogP) is 1.82. The standard InChI is InChI=1S/C20H17FN2O4/c1-27-20(26)17-15-14(16(22-17)11-7-9-12(21)10-8-11)18(24)23(19(15)25)13-5-3-2-4-6-13/h2-10,14-17,22H,1H3/t14-,15+,16-,17-/m1/s1. The minimum atomic E-state index is -0.944. The first-order valence-corrected chi connectivity index (χ1v) is 8.55. The number of fused-ring (bicyclic) bond motifs is 1. The van der Waals surface area contributed by atoms with E-state index in [9.17, 15) is 18.8 Å². The van der Waals surface area contributed by atoms with Crippen molar-refractivity contribution in [3.63, 3.8) is 0 Å². The van der Waals surface area contributed by atoms with E-state index >= 15 is 0 Å². The molecular weight excluding hydrogens is 351 g/mol. The molecule has 0 aromatic heterocycles. The normalized spacial score (nSPS) is 27.0. The summed E-state index contributed by atoms with van der Waals surface area (Å²) in [5, 5.41) is 3.05. The second-order valence-electron chi connectivity index (χ2n) is 6.60. The molecule has 7 heteroatoms. The zero-order chi connectivity index (χ0) is 19.1. The number of nitrogens with one attached hydrogen (secondary N) is 1. The van der Waals surface area contributed by atoms with Crippen molar-refractivity contribution >= 4 is 23.5 Å². The maximum atomic E-state index is 13.3. The molecule has 2 aromatic rings. The molecule has 4 rings (SSSR count). The van der Waals surface area contributed by atoms with E-state index in [0.717, 1.165) is 4.90 Å². The molecule has 6 nitrogen and oxygen atoms in total. The number of carbonyl (C=O) groups excluding carboxylic acids is 3. The van der Waals surface area contributed by atoms with E-state index in [1.165, 1.54) is 19.2 Å². The Kier molecular flexibility index (Phi) is 4.24.